The van der Waals surface area contributed by atoms with Gasteiger partial charge in [0.15, 0.2) is 5.65 Å². The molecular formula is C25H17N3O3. The van der Waals surface area contributed by atoms with Crippen LogP contribution in [0.25, 0.3) is 38.7 Å². The monoisotopic (exact) mass is 407 g/mol. The highest BCUT2D eigenvalue weighted by Gasteiger charge is 2.19. The number of benzene rings is 3. The molecule has 150 valence electrons. The van der Waals surface area contributed by atoms with Crippen molar-refractivity contribution in [3.63, 3.8) is 0 Å². The molecule has 6 rings (SSSR count). The van der Waals surface area contributed by atoms with E-state index in [2.05, 4.69) is 12.1 Å². The number of rotatable bonds is 3. The number of fused-ring (bicyclic) bond motifs is 6. The molecule has 6 nitrogen and oxygen atoms in total. The third-order valence-electron chi connectivity index (χ3n) is 5.56. The molecule has 6 heteroatoms. The average Bonchev–Trinajstić information content (AvgIpc) is 3.19. The van der Waals surface area contributed by atoms with Crippen LogP contribution in [0, 0.1) is 0 Å². The number of nitrogens with zero attached hydrogens (tertiary/aromatic N) is 3. The zero-order chi connectivity index (χ0) is 20.9. The third-order valence-corrected chi connectivity index (χ3v) is 5.56. The molecule has 0 unspecified atom stereocenters. The summed E-state index contributed by atoms with van der Waals surface area (Å²) in [5, 5.41) is 0.852. The molecule has 0 N–H and O–H groups in total. The van der Waals surface area contributed by atoms with Crippen LogP contribution in [0.4, 0.5) is 0 Å². The van der Waals surface area contributed by atoms with Gasteiger partial charge in [0.2, 0.25) is 11.1 Å². The Morgan fingerprint density at radius 1 is 0.968 bits per heavy atom. The molecule has 3 heterocycles. The van der Waals surface area contributed by atoms with E-state index in [0.717, 1.165) is 22.4 Å². The van der Waals surface area contributed by atoms with Crippen molar-refractivity contribution in [1.29, 1.82) is 0 Å². The second-order valence-electron chi connectivity index (χ2n) is 7.42. The Kier molecular flexibility index (Phi) is 3.80. The quantitative estimate of drug-likeness (QED) is 0.396. The van der Waals surface area contributed by atoms with Crippen molar-refractivity contribution in [2.45, 2.75) is 6.42 Å². The van der Waals surface area contributed by atoms with Crippen LogP contribution >= 0.6 is 0 Å². The predicted octanol–water partition coefficient (Wildman–Crippen LogP) is 4.74. The van der Waals surface area contributed by atoms with E-state index in [-0.39, 0.29) is 11.1 Å². The number of methoxy groups -OCH3 is 1. The molecule has 0 radical (unpaired) electrons. The van der Waals surface area contributed by atoms with Crippen LogP contribution in [-0.2, 0) is 6.42 Å². The van der Waals surface area contributed by atoms with Gasteiger partial charge in [-0.15, -0.1) is 0 Å². The standard InChI is InChI=1S/C25H17N3O3/c1-30-16-11-12-17-20(14-16)31-25-22(23(17)29)24-26-18-9-5-6-10-19(18)28(24)21(27-25)13-15-7-3-2-4-8-15/h2-12,14H,13H2,1H3. The van der Waals surface area contributed by atoms with E-state index < -0.39 is 0 Å². The SMILES string of the molecule is COc1ccc2c(=O)c3c(nc(Cc4ccccc4)n4c5ccccc5nc34)oc2c1. The van der Waals surface area contributed by atoms with E-state index in [4.69, 9.17) is 19.1 Å². The number of imidazole rings is 1. The molecule has 3 aromatic heterocycles. The first kappa shape index (κ1) is 17.7. The predicted molar refractivity (Wildman–Crippen MR) is 120 cm³/mol. The lowest BCUT2D eigenvalue weighted by molar-refractivity contribution is 0.414. The fourth-order valence-electron chi connectivity index (χ4n) is 4.08. The Morgan fingerprint density at radius 2 is 1.77 bits per heavy atom. The first-order valence-electron chi connectivity index (χ1n) is 9.97. The van der Waals surface area contributed by atoms with Crippen LogP contribution in [0.15, 0.2) is 82.0 Å². The minimum absolute atomic E-state index is 0.155. The lowest BCUT2D eigenvalue weighted by atomic mass is 10.1. The van der Waals surface area contributed by atoms with Gasteiger partial charge in [0.25, 0.3) is 0 Å². The van der Waals surface area contributed by atoms with Gasteiger partial charge in [0.05, 0.1) is 23.5 Å². The maximum absolute atomic E-state index is 13.5. The van der Waals surface area contributed by atoms with Crippen LogP contribution in [0.5, 0.6) is 5.75 Å². The van der Waals surface area contributed by atoms with Gasteiger partial charge in [0, 0.05) is 12.5 Å². The maximum atomic E-state index is 13.5. The molecule has 3 aromatic carbocycles. The topological polar surface area (TPSA) is 69.6 Å². The van der Waals surface area contributed by atoms with E-state index >= 15 is 0 Å². The minimum Gasteiger partial charge on any atom is -0.497 e. The van der Waals surface area contributed by atoms with Crippen molar-refractivity contribution in [3.8, 4) is 5.75 Å². The lowest BCUT2D eigenvalue weighted by Gasteiger charge is -2.09. The van der Waals surface area contributed by atoms with E-state index in [0.29, 0.717) is 34.2 Å². The van der Waals surface area contributed by atoms with Crippen molar-refractivity contribution in [1.82, 2.24) is 14.4 Å². The molecule has 0 aliphatic heterocycles. The van der Waals surface area contributed by atoms with Gasteiger partial charge in [-0.25, -0.2) is 4.98 Å². The number of para-hydroxylation sites is 2. The van der Waals surface area contributed by atoms with Crippen LogP contribution < -0.4 is 10.2 Å². The highest BCUT2D eigenvalue weighted by atomic mass is 16.5. The Labute approximate surface area is 176 Å². The fourth-order valence-corrected chi connectivity index (χ4v) is 4.08. The molecule has 0 atom stereocenters. The van der Waals surface area contributed by atoms with Crippen LogP contribution in [0.3, 0.4) is 0 Å². The van der Waals surface area contributed by atoms with Gasteiger partial charge in [-0.2, -0.15) is 4.98 Å². The molecular weight excluding hydrogens is 390 g/mol. The van der Waals surface area contributed by atoms with Crippen molar-refractivity contribution < 1.29 is 9.15 Å². The summed E-state index contributed by atoms with van der Waals surface area (Å²) in [7, 11) is 1.58. The Morgan fingerprint density at radius 3 is 2.61 bits per heavy atom. The smallest absolute Gasteiger partial charge is 0.236 e. The van der Waals surface area contributed by atoms with Gasteiger partial charge < -0.3 is 9.15 Å². The highest BCUT2D eigenvalue weighted by Crippen LogP contribution is 2.27. The van der Waals surface area contributed by atoms with Gasteiger partial charge in [-0.1, -0.05) is 42.5 Å². The second-order valence-corrected chi connectivity index (χ2v) is 7.42. The van der Waals surface area contributed by atoms with Crippen LogP contribution in [-0.4, -0.2) is 21.5 Å². The summed E-state index contributed by atoms with van der Waals surface area (Å²) in [4.78, 5) is 23.0. The Bertz CT molecular complexity index is 1670. The second kappa shape index (κ2) is 6.67. The maximum Gasteiger partial charge on any atom is 0.236 e. The van der Waals surface area contributed by atoms with Crippen molar-refractivity contribution >= 4 is 38.7 Å². The van der Waals surface area contributed by atoms with Gasteiger partial charge >= 0.3 is 0 Å². The van der Waals surface area contributed by atoms with E-state index in [1.165, 1.54) is 0 Å². The summed E-state index contributed by atoms with van der Waals surface area (Å²) in [5.41, 5.74) is 3.95. The molecule has 0 saturated heterocycles. The zero-order valence-corrected chi connectivity index (χ0v) is 16.7. The number of hydrogen-bond donors (Lipinski definition) is 0. The minimum atomic E-state index is -0.155. The fraction of sp³-hybridized carbons (Fsp3) is 0.0800. The highest BCUT2D eigenvalue weighted by molar-refractivity contribution is 5.99. The molecule has 6 aromatic rings. The summed E-state index contributed by atoms with van der Waals surface area (Å²) in [5.74, 6) is 1.37. The first-order valence-corrected chi connectivity index (χ1v) is 9.97. The van der Waals surface area contributed by atoms with E-state index in [9.17, 15) is 4.79 Å². The van der Waals surface area contributed by atoms with Crippen molar-refractivity contribution in [2.75, 3.05) is 7.11 Å². The molecule has 0 bridgehead atoms. The van der Waals surface area contributed by atoms with Gasteiger partial charge in [-0.3, -0.25) is 9.20 Å². The zero-order valence-electron chi connectivity index (χ0n) is 16.7. The normalized spacial score (nSPS) is 11.6. The summed E-state index contributed by atoms with van der Waals surface area (Å²) in [6.45, 7) is 0. The molecule has 0 fully saturated rings. The van der Waals surface area contributed by atoms with Gasteiger partial charge in [-0.05, 0) is 29.8 Å². The molecule has 0 amide bonds. The number of hydrogen-bond acceptors (Lipinski definition) is 5. The number of aromatic nitrogens is 3. The van der Waals surface area contributed by atoms with Gasteiger partial charge in [0.1, 0.15) is 22.5 Å². The third kappa shape index (κ3) is 2.69. The van der Waals surface area contributed by atoms with E-state index in [1.54, 1.807) is 25.3 Å². The largest absolute Gasteiger partial charge is 0.497 e. The summed E-state index contributed by atoms with van der Waals surface area (Å²) in [6.07, 6.45) is 0.577. The molecule has 0 spiro atoms. The Balaban J connectivity index is 1.76. The Hall–Kier alpha value is -4.19. The average molecular weight is 407 g/mol. The summed E-state index contributed by atoms with van der Waals surface area (Å²) in [6, 6.07) is 23.1. The molecule has 0 aliphatic rings. The molecule has 31 heavy (non-hydrogen) atoms. The van der Waals surface area contributed by atoms with E-state index in [1.807, 2.05) is 46.9 Å². The van der Waals surface area contributed by atoms with Crippen LogP contribution in [0.2, 0.25) is 0 Å². The molecule has 0 aliphatic carbocycles. The first-order chi connectivity index (χ1) is 15.2. The molecule has 0 saturated carbocycles. The van der Waals surface area contributed by atoms with Crippen molar-refractivity contribution in [3.05, 3.63) is 94.4 Å². The van der Waals surface area contributed by atoms with Crippen LogP contribution in [0.1, 0.15) is 11.4 Å². The van der Waals surface area contributed by atoms with Crippen molar-refractivity contribution in [2.24, 2.45) is 0 Å². The summed E-state index contributed by atoms with van der Waals surface area (Å²) >= 11 is 0. The summed E-state index contributed by atoms with van der Waals surface area (Å²) < 4.78 is 13.4. The lowest BCUT2D eigenvalue weighted by Crippen LogP contribution is -2.10. The number of ether oxygens (including phenoxy) is 1.